The van der Waals surface area contributed by atoms with Crippen LogP contribution in [-0.4, -0.2) is 47.9 Å². The van der Waals surface area contributed by atoms with Gasteiger partial charge >= 0.3 is 5.97 Å². The van der Waals surface area contributed by atoms with Gasteiger partial charge < -0.3 is 19.1 Å². The zero-order chi connectivity index (χ0) is 24.5. The molecule has 1 heterocycles. The number of fused-ring (bicyclic) bond motifs is 1. The van der Waals surface area contributed by atoms with Gasteiger partial charge in [0.2, 0.25) is 6.79 Å². The highest BCUT2D eigenvalue weighted by Crippen LogP contribution is 2.42. The van der Waals surface area contributed by atoms with E-state index in [1.165, 1.54) is 11.9 Å². The zero-order valence-electron chi connectivity index (χ0n) is 18.2. The first-order valence-corrected chi connectivity index (χ1v) is 10.9. The second-order valence-corrected chi connectivity index (χ2v) is 8.39. The number of halogens is 1. The van der Waals surface area contributed by atoms with E-state index in [0.717, 1.165) is 12.1 Å². The predicted octanol–water partition coefficient (Wildman–Crippen LogP) is 3.63. The Bertz CT molecular complexity index is 1180. The second kappa shape index (κ2) is 9.30. The van der Waals surface area contributed by atoms with Crippen molar-refractivity contribution in [2.45, 2.75) is 31.2 Å². The van der Waals surface area contributed by atoms with Crippen LogP contribution in [0, 0.1) is 10.1 Å². The number of ketones is 1. The summed E-state index contributed by atoms with van der Waals surface area (Å²) >= 11 is 6.40. The molecule has 0 spiro atoms. The molecule has 34 heavy (non-hydrogen) atoms. The van der Waals surface area contributed by atoms with Crippen LogP contribution < -0.4 is 9.47 Å². The highest BCUT2D eigenvalue weighted by molar-refractivity contribution is 6.31. The van der Waals surface area contributed by atoms with Crippen molar-refractivity contribution in [1.82, 2.24) is 4.90 Å². The Labute approximate surface area is 199 Å². The highest BCUT2D eigenvalue weighted by Gasteiger charge is 2.48. The average Bonchev–Trinajstić information content (AvgIpc) is 3.29. The summed E-state index contributed by atoms with van der Waals surface area (Å²) in [5, 5.41) is 11.8. The Morgan fingerprint density at radius 3 is 2.59 bits per heavy atom. The third-order valence-electron chi connectivity index (χ3n) is 6.15. The maximum absolute atomic E-state index is 13.1. The summed E-state index contributed by atoms with van der Waals surface area (Å²) in [4.78, 5) is 50.8. The molecule has 10 nitrogen and oxygen atoms in total. The Hall–Kier alpha value is -3.66. The molecule has 1 fully saturated rings. The van der Waals surface area contributed by atoms with Crippen LogP contribution in [0.4, 0.5) is 5.69 Å². The number of hydrogen-bond acceptors (Lipinski definition) is 8. The maximum atomic E-state index is 13.1. The molecule has 2 aromatic rings. The molecule has 4 rings (SSSR count). The molecule has 0 saturated heterocycles. The van der Waals surface area contributed by atoms with Gasteiger partial charge in [-0.05, 0) is 25.3 Å². The number of rotatable bonds is 6. The third-order valence-corrected chi connectivity index (χ3v) is 6.48. The molecule has 1 aliphatic heterocycles. The molecule has 0 aromatic heterocycles. The van der Waals surface area contributed by atoms with Crippen molar-refractivity contribution in [3.8, 4) is 11.5 Å². The van der Waals surface area contributed by atoms with Gasteiger partial charge in [-0.2, -0.15) is 0 Å². The van der Waals surface area contributed by atoms with E-state index < -0.39 is 34.6 Å². The van der Waals surface area contributed by atoms with Crippen molar-refractivity contribution in [3.63, 3.8) is 0 Å². The summed E-state index contributed by atoms with van der Waals surface area (Å²) in [5.74, 6) is -1.58. The Morgan fingerprint density at radius 2 is 1.91 bits per heavy atom. The van der Waals surface area contributed by atoms with Crippen molar-refractivity contribution in [2.75, 3.05) is 20.4 Å². The lowest BCUT2D eigenvalue weighted by molar-refractivity contribution is -0.385. The Morgan fingerprint density at radius 1 is 1.21 bits per heavy atom. The fourth-order valence-corrected chi connectivity index (χ4v) is 4.68. The molecule has 11 heteroatoms. The second-order valence-electron chi connectivity index (χ2n) is 7.98. The van der Waals surface area contributed by atoms with E-state index in [9.17, 15) is 24.5 Å². The number of likely N-dealkylation sites (N-methyl/N-ethyl adjacent to an activating group) is 1. The molecule has 1 atom stereocenters. The first kappa shape index (κ1) is 23.5. The summed E-state index contributed by atoms with van der Waals surface area (Å²) < 4.78 is 15.4. The van der Waals surface area contributed by atoms with Gasteiger partial charge in [0, 0.05) is 30.1 Å². The summed E-state index contributed by atoms with van der Waals surface area (Å²) in [7, 11) is 1.46. The van der Waals surface area contributed by atoms with Gasteiger partial charge in [-0.3, -0.25) is 19.7 Å². The Balaban J connectivity index is 1.57. The standard InChI is InChI=1S/C23H21ClN2O8/c1-25(23(9-5-4-8-20(23)27)15-6-2-3-7-16(15)24)21(28)12-32-22(29)14-10-18-19(34-13-33-18)11-17(14)26(30)31/h2-3,6-7,10-11H,4-5,8-9,12-13H2,1H3. The van der Waals surface area contributed by atoms with Crippen molar-refractivity contribution >= 4 is 34.9 Å². The number of benzene rings is 2. The van der Waals surface area contributed by atoms with Gasteiger partial charge in [0.25, 0.3) is 11.6 Å². The number of ether oxygens (including phenoxy) is 3. The molecule has 2 aliphatic rings. The lowest BCUT2D eigenvalue weighted by Crippen LogP contribution is -2.55. The van der Waals surface area contributed by atoms with Crippen LogP contribution in [0.1, 0.15) is 41.6 Å². The molecule has 0 bridgehead atoms. The molecule has 1 amide bonds. The molecule has 0 radical (unpaired) electrons. The summed E-state index contributed by atoms with van der Waals surface area (Å²) in [6.45, 7) is -0.854. The zero-order valence-corrected chi connectivity index (χ0v) is 19.0. The minimum Gasteiger partial charge on any atom is -0.454 e. The minimum atomic E-state index is -1.29. The molecular weight excluding hydrogens is 468 g/mol. The van der Waals surface area contributed by atoms with E-state index in [2.05, 4.69) is 0 Å². The number of nitrogens with zero attached hydrogens (tertiary/aromatic N) is 2. The normalized spacial score (nSPS) is 18.9. The highest BCUT2D eigenvalue weighted by atomic mass is 35.5. The van der Waals surface area contributed by atoms with Gasteiger partial charge in [0.05, 0.1) is 11.0 Å². The minimum absolute atomic E-state index is 0.133. The lowest BCUT2D eigenvalue weighted by atomic mass is 9.74. The molecule has 1 saturated carbocycles. The van der Waals surface area contributed by atoms with Crippen LogP contribution in [0.15, 0.2) is 36.4 Å². The van der Waals surface area contributed by atoms with Gasteiger partial charge in [-0.1, -0.05) is 29.8 Å². The molecule has 1 aliphatic carbocycles. The number of hydrogen-bond donors (Lipinski definition) is 0. The van der Waals surface area contributed by atoms with Gasteiger partial charge in [0.1, 0.15) is 11.1 Å². The average molecular weight is 489 g/mol. The van der Waals surface area contributed by atoms with E-state index in [4.69, 9.17) is 25.8 Å². The number of carbonyl (C=O) groups excluding carboxylic acids is 3. The number of carbonyl (C=O) groups is 3. The van der Waals surface area contributed by atoms with Crippen molar-refractivity contribution in [3.05, 3.63) is 62.7 Å². The number of Topliss-reactive ketones (excluding diaryl/α,β-unsaturated/α-hetero) is 1. The molecule has 0 N–H and O–H groups in total. The van der Waals surface area contributed by atoms with Crippen molar-refractivity contribution < 1.29 is 33.5 Å². The fraction of sp³-hybridized carbons (Fsp3) is 0.348. The van der Waals surface area contributed by atoms with E-state index in [0.29, 0.717) is 29.8 Å². The molecule has 1 unspecified atom stereocenters. The van der Waals surface area contributed by atoms with E-state index in [1.807, 2.05) is 0 Å². The van der Waals surface area contributed by atoms with Gasteiger partial charge in [0.15, 0.2) is 23.9 Å². The summed E-state index contributed by atoms with van der Waals surface area (Å²) in [6, 6.07) is 9.04. The third kappa shape index (κ3) is 4.05. The van der Waals surface area contributed by atoms with Crippen LogP contribution in [0.5, 0.6) is 11.5 Å². The molecule has 178 valence electrons. The quantitative estimate of drug-likeness (QED) is 0.343. The van der Waals surface area contributed by atoms with Gasteiger partial charge in [-0.25, -0.2) is 4.79 Å². The fourth-order valence-electron chi connectivity index (χ4n) is 4.39. The van der Waals surface area contributed by atoms with E-state index in [-0.39, 0.29) is 36.1 Å². The first-order chi connectivity index (χ1) is 16.3. The Kier molecular flexibility index (Phi) is 6.43. The molecular formula is C23H21ClN2O8. The van der Waals surface area contributed by atoms with Crippen LogP contribution >= 0.6 is 11.6 Å². The lowest BCUT2D eigenvalue weighted by Gasteiger charge is -2.43. The SMILES string of the molecule is CN(C(=O)COC(=O)c1cc2c(cc1[N+](=O)[O-])OCO2)C1(c2ccccc2Cl)CCCCC1=O. The maximum Gasteiger partial charge on any atom is 0.345 e. The van der Waals surface area contributed by atoms with Crippen molar-refractivity contribution in [2.24, 2.45) is 0 Å². The number of amides is 1. The van der Waals surface area contributed by atoms with Crippen LogP contribution in [0.2, 0.25) is 5.02 Å². The smallest absolute Gasteiger partial charge is 0.345 e. The largest absolute Gasteiger partial charge is 0.454 e. The monoisotopic (exact) mass is 488 g/mol. The number of esters is 1. The van der Waals surface area contributed by atoms with E-state index >= 15 is 0 Å². The van der Waals surface area contributed by atoms with Crippen LogP contribution in [-0.2, 0) is 19.9 Å². The van der Waals surface area contributed by atoms with E-state index in [1.54, 1.807) is 24.3 Å². The van der Waals surface area contributed by atoms with Gasteiger partial charge in [-0.15, -0.1) is 0 Å². The van der Waals surface area contributed by atoms with Crippen molar-refractivity contribution in [1.29, 1.82) is 0 Å². The summed E-state index contributed by atoms with van der Waals surface area (Å²) in [6.07, 6.45) is 2.07. The van der Waals surface area contributed by atoms with Crippen LogP contribution in [0.3, 0.4) is 0 Å². The molecule has 2 aromatic carbocycles. The van der Waals surface area contributed by atoms with Crippen LogP contribution in [0.25, 0.3) is 0 Å². The summed E-state index contributed by atoms with van der Waals surface area (Å²) in [5.41, 5.74) is -1.69. The predicted molar refractivity (Wildman–Crippen MR) is 119 cm³/mol. The first-order valence-electron chi connectivity index (χ1n) is 10.6. The topological polar surface area (TPSA) is 125 Å². The number of nitro groups is 1. The number of nitro benzene ring substituents is 1.